The van der Waals surface area contributed by atoms with Crippen molar-refractivity contribution in [2.75, 3.05) is 13.1 Å². The van der Waals surface area contributed by atoms with E-state index in [-0.39, 0.29) is 11.9 Å². The molecule has 4 nitrogen and oxygen atoms in total. The van der Waals surface area contributed by atoms with E-state index in [4.69, 9.17) is 16.3 Å². The van der Waals surface area contributed by atoms with Crippen LogP contribution in [0.15, 0.2) is 48.5 Å². The number of nitrogens with one attached hydrogen (secondary N) is 2. The lowest BCUT2D eigenvalue weighted by atomic mass is 10.1. The molecular weight excluding hydrogens is 336 g/mol. The van der Waals surface area contributed by atoms with Gasteiger partial charge in [-0.2, -0.15) is 0 Å². The van der Waals surface area contributed by atoms with Crippen LogP contribution in [0.3, 0.4) is 0 Å². The molecule has 0 saturated carbocycles. The van der Waals surface area contributed by atoms with Crippen LogP contribution in [-0.4, -0.2) is 25.0 Å². The molecule has 1 amide bonds. The summed E-state index contributed by atoms with van der Waals surface area (Å²) in [4.78, 5) is 12.2. The van der Waals surface area contributed by atoms with Crippen LogP contribution in [0, 0.1) is 0 Å². The van der Waals surface area contributed by atoms with Crippen molar-refractivity contribution in [2.45, 2.75) is 31.9 Å². The molecule has 3 rings (SSSR count). The summed E-state index contributed by atoms with van der Waals surface area (Å²) in [6, 6.07) is 15.5. The normalized spacial score (nSPS) is 17.1. The fourth-order valence-electron chi connectivity index (χ4n) is 2.93. The number of carbonyl (C=O) groups is 1. The van der Waals surface area contributed by atoms with Crippen LogP contribution in [0.25, 0.3) is 0 Å². The third-order valence-corrected chi connectivity index (χ3v) is 4.50. The zero-order valence-electron chi connectivity index (χ0n) is 14.1. The van der Waals surface area contributed by atoms with E-state index in [0.29, 0.717) is 18.1 Å². The van der Waals surface area contributed by atoms with Gasteiger partial charge in [0, 0.05) is 17.6 Å². The zero-order valence-corrected chi connectivity index (χ0v) is 14.9. The second kappa shape index (κ2) is 8.88. The van der Waals surface area contributed by atoms with Crippen molar-refractivity contribution in [3.63, 3.8) is 0 Å². The number of ether oxygens (including phenoxy) is 1. The fourth-order valence-corrected chi connectivity index (χ4v) is 3.06. The monoisotopic (exact) mass is 358 g/mol. The number of halogens is 1. The molecule has 0 aromatic heterocycles. The van der Waals surface area contributed by atoms with Crippen molar-refractivity contribution in [3.05, 3.63) is 64.7 Å². The summed E-state index contributed by atoms with van der Waals surface area (Å²) >= 11 is 5.89. The standard InChI is InChI=1S/C20H23ClN2O2/c21-17-8-6-15(7-9-17)14-25-19-5-1-3-16(11-19)12-20(24)23-18-4-2-10-22-13-18/h1,3,5-9,11,18,22H,2,4,10,12-14H2,(H,23,24)/t18-/m0/s1. The minimum absolute atomic E-state index is 0.0588. The highest BCUT2D eigenvalue weighted by atomic mass is 35.5. The molecule has 0 unspecified atom stereocenters. The number of carbonyl (C=O) groups excluding carboxylic acids is 1. The summed E-state index contributed by atoms with van der Waals surface area (Å²) in [5.74, 6) is 0.822. The second-order valence-electron chi connectivity index (χ2n) is 6.35. The van der Waals surface area contributed by atoms with Crippen LogP contribution < -0.4 is 15.4 Å². The highest BCUT2D eigenvalue weighted by Crippen LogP contribution is 2.17. The molecule has 1 aliphatic rings. The Morgan fingerprint density at radius 3 is 2.80 bits per heavy atom. The highest BCUT2D eigenvalue weighted by molar-refractivity contribution is 6.30. The van der Waals surface area contributed by atoms with E-state index in [0.717, 1.165) is 42.8 Å². The third-order valence-electron chi connectivity index (χ3n) is 4.24. The number of hydrogen-bond donors (Lipinski definition) is 2. The molecule has 0 radical (unpaired) electrons. The van der Waals surface area contributed by atoms with E-state index in [2.05, 4.69) is 10.6 Å². The Balaban J connectivity index is 1.51. The van der Waals surface area contributed by atoms with Gasteiger partial charge in [-0.25, -0.2) is 0 Å². The van der Waals surface area contributed by atoms with E-state index in [1.54, 1.807) is 0 Å². The lowest BCUT2D eigenvalue weighted by Crippen LogP contribution is -2.46. The van der Waals surface area contributed by atoms with Gasteiger partial charge >= 0.3 is 0 Å². The second-order valence-corrected chi connectivity index (χ2v) is 6.79. The lowest BCUT2D eigenvalue weighted by molar-refractivity contribution is -0.121. The molecular formula is C20H23ClN2O2. The first kappa shape index (κ1) is 17.8. The predicted molar refractivity (Wildman–Crippen MR) is 100.0 cm³/mol. The summed E-state index contributed by atoms with van der Waals surface area (Å²) in [6.07, 6.45) is 2.52. The Bertz CT molecular complexity index is 697. The van der Waals surface area contributed by atoms with Crippen molar-refractivity contribution < 1.29 is 9.53 Å². The number of rotatable bonds is 6. The molecule has 1 atom stereocenters. The van der Waals surface area contributed by atoms with Crippen LogP contribution >= 0.6 is 11.6 Å². The maximum absolute atomic E-state index is 12.2. The zero-order chi connectivity index (χ0) is 17.5. The van der Waals surface area contributed by atoms with Gasteiger partial charge in [-0.15, -0.1) is 0 Å². The molecule has 2 N–H and O–H groups in total. The molecule has 2 aromatic rings. The van der Waals surface area contributed by atoms with E-state index < -0.39 is 0 Å². The van der Waals surface area contributed by atoms with Gasteiger partial charge in [0.2, 0.25) is 5.91 Å². The third kappa shape index (κ3) is 5.76. The maximum atomic E-state index is 12.2. The SMILES string of the molecule is O=C(Cc1cccc(OCc2ccc(Cl)cc2)c1)N[C@H]1CCCNC1. The Labute approximate surface area is 153 Å². The van der Waals surface area contributed by atoms with Gasteiger partial charge in [-0.1, -0.05) is 35.9 Å². The number of piperidine rings is 1. The van der Waals surface area contributed by atoms with Crippen LogP contribution in [0.1, 0.15) is 24.0 Å². The first-order chi connectivity index (χ1) is 12.2. The Kier molecular flexibility index (Phi) is 6.31. The molecule has 1 aliphatic heterocycles. The summed E-state index contributed by atoms with van der Waals surface area (Å²) in [5, 5.41) is 7.11. The van der Waals surface area contributed by atoms with Gasteiger partial charge in [-0.05, 0) is 54.8 Å². The smallest absolute Gasteiger partial charge is 0.224 e. The number of amides is 1. The molecule has 132 valence electrons. The molecule has 1 fully saturated rings. The van der Waals surface area contributed by atoms with Crippen LogP contribution in [-0.2, 0) is 17.8 Å². The minimum atomic E-state index is 0.0588. The van der Waals surface area contributed by atoms with Crippen LogP contribution in [0.5, 0.6) is 5.75 Å². The van der Waals surface area contributed by atoms with E-state index in [1.165, 1.54) is 0 Å². The fraction of sp³-hybridized carbons (Fsp3) is 0.350. The van der Waals surface area contributed by atoms with E-state index >= 15 is 0 Å². The van der Waals surface area contributed by atoms with Gasteiger partial charge in [0.25, 0.3) is 0 Å². The van der Waals surface area contributed by atoms with Crippen molar-refractivity contribution in [1.29, 1.82) is 0 Å². The average Bonchev–Trinajstić information content (AvgIpc) is 2.62. The number of benzene rings is 2. The van der Waals surface area contributed by atoms with Crippen molar-refractivity contribution in [1.82, 2.24) is 10.6 Å². The number of hydrogen-bond acceptors (Lipinski definition) is 3. The van der Waals surface area contributed by atoms with E-state index in [9.17, 15) is 4.79 Å². The van der Waals surface area contributed by atoms with E-state index in [1.807, 2.05) is 48.5 Å². The quantitative estimate of drug-likeness (QED) is 0.832. The molecule has 2 aromatic carbocycles. The predicted octanol–water partition coefficient (Wildman–Crippen LogP) is 3.33. The average molecular weight is 359 g/mol. The van der Waals surface area contributed by atoms with Crippen LogP contribution in [0.2, 0.25) is 5.02 Å². The minimum Gasteiger partial charge on any atom is -0.489 e. The first-order valence-corrected chi connectivity index (χ1v) is 9.03. The molecule has 5 heteroatoms. The topological polar surface area (TPSA) is 50.4 Å². The molecule has 0 spiro atoms. The molecule has 1 saturated heterocycles. The molecule has 25 heavy (non-hydrogen) atoms. The summed E-state index contributed by atoms with van der Waals surface area (Å²) in [5.41, 5.74) is 2.01. The van der Waals surface area contributed by atoms with Crippen molar-refractivity contribution in [3.8, 4) is 5.75 Å². The lowest BCUT2D eigenvalue weighted by Gasteiger charge is -2.23. The van der Waals surface area contributed by atoms with Crippen molar-refractivity contribution >= 4 is 17.5 Å². The summed E-state index contributed by atoms with van der Waals surface area (Å²) in [6.45, 7) is 2.37. The molecule has 0 bridgehead atoms. The summed E-state index contributed by atoms with van der Waals surface area (Å²) < 4.78 is 5.82. The van der Waals surface area contributed by atoms with Gasteiger partial charge in [0.1, 0.15) is 12.4 Å². The Morgan fingerprint density at radius 1 is 1.20 bits per heavy atom. The van der Waals surface area contributed by atoms with Crippen LogP contribution in [0.4, 0.5) is 0 Å². The summed E-state index contributed by atoms with van der Waals surface area (Å²) in [7, 11) is 0. The van der Waals surface area contributed by atoms with Gasteiger partial charge < -0.3 is 15.4 Å². The van der Waals surface area contributed by atoms with Gasteiger partial charge in [0.15, 0.2) is 0 Å². The Morgan fingerprint density at radius 2 is 2.04 bits per heavy atom. The van der Waals surface area contributed by atoms with Crippen molar-refractivity contribution in [2.24, 2.45) is 0 Å². The maximum Gasteiger partial charge on any atom is 0.224 e. The first-order valence-electron chi connectivity index (χ1n) is 8.65. The Hall–Kier alpha value is -2.04. The molecule has 0 aliphatic carbocycles. The molecule has 1 heterocycles. The van der Waals surface area contributed by atoms with Gasteiger partial charge in [-0.3, -0.25) is 4.79 Å². The largest absolute Gasteiger partial charge is 0.489 e. The van der Waals surface area contributed by atoms with Gasteiger partial charge in [0.05, 0.1) is 6.42 Å². The highest BCUT2D eigenvalue weighted by Gasteiger charge is 2.15.